The maximum absolute atomic E-state index is 12.7. The number of carbonyl (C=O) groups is 1. The molecule has 1 saturated heterocycles. The van der Waals surface area contributed by atoms with Crippen LogP contribution in [-0.4, -0.2) is 49.0 Å². The maximum Gasteiger partial charge on any atom is 0.253 e. The fraction of sp³-hybridized carbons (Fsp3) is 0.381. The molecule has 2 aromatic carbocycles. The summed E-state index contributed by atoms with van der Waals surface area (Å²) in [6.07, 6.45) is 0. The number of halogens is 1. The highest BCUT2D eigenvalue weighted by Gasteiger charge is 2.26. The highest BCUT2D eigenvalue weighted by molar-refractivity contribution is 6.31. The van der Waals surface area contributed by atoms with Crippen molar-refractivity contribution in [1.29, 1.82) is 0 Å². The second kappa shape index (κ2) is 8.67. The molecule has 0 saturated carbocycles. The quantitative estimate of drug-likeness (QED) is 0.795. The van der Waals surface area contributed by atoms with E-state index in [2.05, 4.69) is 17.9 Å². The third-order valence-electron chi connectivity index (χ3n) is 5.02. The Morgan fingerprint density at radius 1 is 1.08 bits per heavy atom. The highest BCUT2D eigenvalue weighted by Crippen LogP contribution is 2.28. The molecular weight excluding hydrogens is 348 g/mol. The molecule has 1 aliphatic rings. The van der Waals surface area contributed by atoms with Gasteiger partial charge in [-0.3, -0.25) is 9.69 Å². The lowest BCUT2D eigenvalue weighted by Gasteiger charge is -2.38. The monoisotopic (exact) mass is 372 g/mol. The number of hydrogen-bond donors (Lipinski definition) is 0. The number of rotatable bonds is 5. The van der Waals surface area contributed by atoms with Crippen molar-refractivity contribution in [3.63, 3.8) is 0 Å². The van der Waals surface area contributed by atoms with E-state index in [0.717, 1.165) is 47.9 Å². The molecule has 138 valence electrons. The van der Waals surface area contributed by atoms with Crippen molar-refractivity contribution in [3.05, 3.63) is 70.2 Å². The predicted octanol–water partition coefficient (Wildman–Crippen LogP) is 4.01. The first-order chi connectivity index (χ1) is 12.6. The lowest BCUT2D eigenvalue weighted by molar-refractivity contribution is 0.0582. The summed E-state index contributed by atoms with van der Waals surface area (Å²) in [7, 11) is 1.67. The number of hydrogen-bond acceptors (Lipinski definition) is 3. The van der Waals surface area contributed by atoms with E-state index in [-0.39, 0.29) is 11.9 Å². The molecule has 1 amide bonds. The number of carbonyl (C=O) groups excluding carboxylic acids is 1. The van der Waals surface area contributed by atoms with Crippen molar-refractivity contribution in [3.8, 4) is 0 Å². The first-order valence-electron chi connectivity index (χ1n) is 8.96. The minimum Gasteiger partial charge on any atom is -0.380 e. The lowest BCUT2D eigenvalue weighted by Crippen LogP contribution is -2.49. The molecule has 3 rings (SSSR count). The van der Waals surface area contributed by atoms with Crippen molar-refractivity contribution in [1.82, 2.24) is 9.80 Å². The predicted molar refractivity (Wildman–Crippen MR) is 104 cm³/mol. The van der Waals surface area contributed by atoms with E-state index >= 15 is 0 Å². The van der Waals surface area contributed by atoms with Crippen molar-refractivity contribution >= 4 is 17.5 Å². The van der Waals surface area contributed by atoms with Gasteiger partial charge in [0, 0.05) is 49.9 Å². The Morgan fingerprint density at radius 3 is 2.35 bits per heavy atom. The molecule has 0 radical (unpaired) electrons. The second-order valence-corrected chi connectivity index (χ2v) is 7.06. The Kier molecular flexibility index (Phi) is 6.30. The van der Waals surface area contributed by atoms with Crippen LogP contribution < -0.4 is 0 Å². The van der Waals surface area contributed by atoms with E-state index in [0.29, 0.717) is 6.61 Å². The topological polar surface area (TPSA) is 32.8 Å². The average Bonchev–Trinajstić information content (AvgIpc) is 2.68. The first-order valence-corrected chi connectivity index (χ1v) is 9.33. The molecule has 1 fully saturated rings. The third kappa shape index (κ3) is 4.26. The lowest BCUT2D eigenvalue weighted by atomic mass is 10.1. The van der Waals surface area contributed by atoms with Crippen LogP contribution in [0.1, 0.15) is 34.5 Å². The molecule has 2 aromatic rings. The van der Waals surface area contributed by atoms with Crippen LogP contribution in [0, 0.1) is 0 Å². The Labute approximate surface area is 160 Å². The molecule has 0 N–H and O–H groups in total. The summed E-state index contributed by atoms with van der Waals surface area (Å²) >= 11 is 6.33. The van der Waals surface area contributed by atoms with E-state index in [9.17, 15) is 4.79 Å². The second-order valence-electron chi connectivity index (χ2n) is 6.66. The Balaban J connectivity index is 1.59. The zero-order valence-electron chi connectivity index (χ0n) is 15.3. The standard InChI is InChI=1S/C21H25ClN2O2/c1-16(19-5-3-4-6-20(19)22)23-11-13-24(14-12-23)21(25)18-9-7-17(8-10-18)15-26-2/h3-10,16H,11-15H2,1-2H3. The highest BCUT2D eigenvalue weighted by atomic mass is 35.5. The zero-order chi connectivity index (χ0) is 18.5. The van der Waals surface area contributed by atoms with Gasteiger partial charge in [-0.05, 0) is 36.2 Å². The van der Waals surface area contributed by atoms with Gasteiger partial charge in [0.2, 0.25) is 0 Å². The molecule has 0 spiro atoms. The average molecular weight is 373 g/mol. The van der Waals surface area contributed by atoms with Crippen LogP contribution >= 0.6 is 11.6 Å². The van der Waals surface area contributed by atoms with Crippen LogP contribution in [0.2, 0.25) is 5.02 Å². The molecule has 5 heteroatoms. The van der Waals surface area contributed by atoms with Gasteiger partial charge in [-0.1, -0.05) is 41.9 Å². The van der Waals surface area contributed by atoms with Crippen LogP contribution in [0.4, 0.5) is 0 Å². The molecule has 4 nitrogen and oxygen atoms in total. The van der Waals surface area contributed by atoms with Crippen LogP contribution in [-0.2, 0) is 11.3 Å². The number of nitrogens with zero attached hydrogens (tertiary/aromatic N) is 2. The van der Waals surface area contributed by atoms with Gasteiger partial charge in [0.15, 0.2) is 0 Å². The first kappa shape index (κ1) is 18.9. The van der Waals surface area contributed by atoms with E-state index < -0.39 is 0 Å². The number of amides is 1. The summed E-state index contributed by atoms with van der Waals surface area (Å²) in [5.41, 5.74) is 2.95. The fourth-order valence-corrected chi connectivity index (χ4v) is 3.71. The van der Waals surface area contributed by atoms with Crippen LogP contribution in [0.15, 0.2) is 48.5 Å². The van der Waals surface area contributed by atoms with Gasteiger partial charge in [0.05, 0.1) is 6.61 Å². The third-order valence-corrected chi connectivity index (χ3v) is 5.36. The minimum absolute atomic E-state index is 0.0963. The van der Waals surface area contributed by atoms with E-state index in [1.807, 2.05) is 47.4 Å². The van der Waals surface area contributed by atoms with Crippen molar-refractivity contribution in [2.75, 3.05) is 33.3 Å². The summed E-state index contributed by atoms with van der Waals surface area (Å²) in [4.78, 5) is 17.0. The minimum atomic E-state index is 0.0963. The Bertz CT molecular complexity index is 740. The molecule has 1 heterocycles. The molecule has 0 aromatic heterocycles. The van der Waals surface area contributed by atoms with Gasteiger partial charge in [0.1, 0.15) is 0 Å². The van der Waals surface area contributed by atoms with E-state index in [1.54, 1.807) is 7.11 Å². The Hall–Kier alpha value is -1.88. The number of methoxy groups -OCH3 is 1. The van der Waals surface area contributed by atoms with Crippen molar-refractivity contribution < 1.29 is 9.53 Å². The van der Waals surface area contributed by atoms with Gasteiger partial charge in [-0.25, -0.2) is 0 Å². The number of benzene rings is 2. The Morgan fingerprint density at radius 2 is 1.73 bits per heavy atom. The largest absolute Gasteiger partial charge is 0.380 e. The number of piperazine rings is 1. The van der Waals surface area contributed by atoms with Crippen molar-refractivity contribution in [2.24, 2.45) is 0 Å². The van der Waals surface area contributed by atoms with E-state index in [4.69, 9.17) is 16.3 Å². The van der Waals surface area contributed by atoms with Gasteiger partial charge in [0.25, 0.3) is 5.91 Å². The fourth-order valence-electron chi connectivity index (χ4n) is 3.42. The van der Waals surface area contributed by atoms with E-state index in [1.165, 1.54) is 0 Å². The molecular formula is C21H25ClN2O2. The van der Waals surface area contributed by atoms with Crippen LogP contribution in [0.25, 0.3) is 0 Å². The van der Waals surface area contributed by atoms with Gasteiger partial charge in [-0.2, -0.15) is 0 Å². The summed E-state index contributed by atoms with van der Waals surface area (Å²) in [5.74, 6) is 0.0963. The molecule has 1 atom stereocenters. The molecule has 1 aliphatic heterocycles. The van der Waals surface area contributed by atoms with Crippen molar-refractivity contribution in [2.45, 2.75) is 19.6 Å². The SMILES string of the molecule is COCc1ccc(C(=O)N2CCN(C(C)c3ccccc3Cl)CC2)cc1. The zero-order valence-corrected chi connectivity index (χ0v) is 16.1. The normalized spacial score (nSPS) is 16.5. The summed E-state index contributed by atoms with van der Waals surface area (Å²) in [6, 6.07) is 15.9. The summed E-state index contributed by atoms with van der Waals surface area (Å²) in [5, 5.41) is 0.801. The summed E-state index contributed by atoms with van der Waals surface area (Å²) < 4.78 is 5.11. The number of ether oxygens (including phenoxy) is 1. The molecule has 26 heavy (non-hydrogen) atoms. The van der Waals surface area contributed by atoms with Gasteiger partial charge >= 0.3 is 0 Å². The molecule has 0 bridgehead atoms. The van der Waals surface area contributed by atoms with Crippen LogP contribution in [0.5, 0.6) is 0 Å². The maximum atomic E-state index is 12.7. The van der Waals surface area contributed by atoms with Gasteiger partial charge in [-0.15, -0.1) is 0 Å². The summed E-state index contributed by atoms with van der Waals surface area (Å²) in [6.45, 7) is 5.89. The smallest absolute Gasteiger partial charge is 0.253 e. The van der Waals surface area contributed by atoms with Crippen LogP contribution in [0.3, 0.4) is 0 Å². The molecule has 0 aliphatic carbocycles. The molecule has 1 unspecified atom stereocenters. The van der Waals surface area contributed by atoms with Gasteiger partial charge < -0.3 is 9.64 Å².